The van der Waals surface area contributed by atoms with Crippen LogP contribution in [0.3, 0.4) is 0 Å². The third-order valence-electron chi connectivity index (χ3n) is 4.73. The number of anilines is 1. The van der Waals surface area contributed by atoms with Crippen LogP contribution in [0.15, 0.2) is 47.2 Å². The van der Waals surface area contributed by atoms with E-state index in [1.54, 1.807) is 0 Å². The summed E-state index contributed by atoms with van der Waals surface area (Å²) in [5.74, 6) is 3.12. The molecule has 1 fully saturated rings. The van der Waals surface area contributed by atoms with Crippen molar-refractivity contribution in [2.45, 2.75) is 19.3 Å². The Morgan fingerprint density at radius 1 is 1.17 bits per heavy atom. The van der Waals surface area contributed by atoms with Gasteiger partial charge in [-0.1, -0.05) is 18.2 Å². The van der Waals surface area contributed by atoms with Gasteiger partial charge in [0.1, 0.15) is 5.82 Å². The van der Waals surface area contributed by atoms with Gasteiger partial charge < -0.3 is 14.0 Å². The Kier molecular flexibility index (Phi) is 4.02. The smallest absolute Gasteiger partial charge is 0.266 e. The predicted molar refractivity (Wildman–Crippen MR) is 91.6 cm³/mol. The van der Waals surface area contributed by atoms with Crippen molar-refractivity contribution < 1.29 is 4.52 Å². The number of benzene rings is 1. The van der Waals surface area contributed by atoms with E-state index in [1.807, 2.05) is 42.7 Å². The third kappa shape index (κ3) is 3.04. The van der Waals surface area contributed by atoms with Crippen LogP contribution in [0.1, 0.15) is 18.7 Å². The minimum atomic E-state index is 0.584. The van der Waals surface area contributed by atoms with Crippen LogP contribution in [-0.4, -0.2) is 32.8 Å². The number of imidazole rings is 1. The van der Waals surface area contributed by atoms with Gasteiger partial charge in [-0.05, 0) is 36.0 Å². The normalized spacial score (nSPS) is 15.8. The van der Waals surface area contributed by atoms with E-state index in [0.29, 0.717) is 17.8 Å². The second-order valence-corrected chi connectivity index (χ2v) is 6.35. The SMILES string of the molecule is Cn1ccnc1CC1CCN(c2noc(-c3ccccc3)n2)CC1. The molecule has 2 aromatic heterocycles. The summed E-state index contributed by atoms with van der Waals surface area (Å²) in [5.41, 5.74) is 0.959. The molecule has 0 atom stereocenters. The van der Waals surface area contributed by atoms with Gasteiger partial charge in [0.25, 0.3) is 11.8 Å². The lowest BCUT2D eigenvalue weighted by Gasteiger charge is -2.30. The van der Waals surface area contributed by atoms with Crippen molar-refractivity contribution in [3.63, 3.8) is 0 Å². The van der Waals surface area contributed by atoms with E-state index in [4.69, 9.17) is 4.52 Å². The number of piperidine rings is 1. The Bertz CT molecular complexity index is 787. The molecule has 0 aliphatic carbocycles. The Labute approximate surface area is 141 Å². The second-order valence-electron chi connectivity index (χ2n) is 6.35. The van der Waals surface area contributed by atoms with Crippen LogP contribution < -0.4 is 4.90 Å². The van der Waals surface area contributed by atoms with Gasteiger partial charge in [-0.15, -0.1) is 0 Å². The summed E-state index contributed by atoms with van der Waals surface area (Å²) in [6, 6.07) is 9.89. The highest BCUT2D eigenvalue weighted by Crippen LogP contribution is 2.25. The topological polar surface area (TPSA) is 60.0 Å². The van der Waals surface area contributed by atoms with E-state index in [1.165, 1.54) is 5.82 Å². The second kappa shape index (κ2) is 6.47. The average Bonchev–Trinajstić information content (AvgIpc) is 3.26. The summed E-state index contributed by atoms with van der Waals surface area (Å²) in [6.45, 7) is 1.92. The van der Waals surface area contributed by atoms with Crippen molar-refractivity contribution in [3.05, 3.63) is 48.5 Å². The maximum Gasteiger partial charge on any atom is 0.266 e. The number of nitrogens with zero attached hydrogens (tertiary/aromatic N) is 5. The first-order valence-corrected chi connectivity index (χ1v) is 8.40. The van der Waals surface area contributed by atoms with Gasteiger partial charge in [-0.25, -0.2) is 4.98 Å². The van der Waals surface area contributed by atoms with Crippen molar-refractivity contribution in [1.29, 1.82) is 0 Å². The summed E-state index contributed by atoms with van der Waals surface area (Å²) in [4.78, 5) is 11.2. The zero-order chi connectivity index (χ0) is 16.4. The molecule has 0 amide bonds. The molecule has 0 unspecified atom stereocenters. The number of hydrogen-bond acceptors (Lipinski definition) is 5. The number of aryl methyl sites for hydroxylation is 1. The minimum Gasteiger partial charge on any atom is -0.338 e. The van der Waals surface area contributed by atoms with E-state index in [0.717, 1.165) is 37.9 Å². The third-order valence-corrected chi connectivity index (χ3v) is 4.73. The van der Waals surface area contributed by atoms with E-state index in [9.17, 15) is 0 Å². The summed E-state index contributed by atoms with van der Waals surface area (Å²) in [5, 5.41) is 4.15. The fraction of sp³-hybridized carbons (Fsp3) is 0.389. The van der Waals surface area contributed by atoms with E-state index in [2.05, 4.69) is 31.6 Å². The molecule has 6 heteroatoms. The highest BCUT2D eigenvalue weighted by Gasteiger charge is 2.24. The van der Waals surface area contributed by atoms with Gasteiger partial charge >= 0.3 is 0 Å². The van der Waals surface area contributed by atoms with Crippen LogP contribution in [0.25, 0.3) is 11.5 Å². The molecule has 3 heterocycles. The van der Waals surface area contributed by atoms with Gasteiger partial charge in [-0.3, -0.25) is 0 Å². The molecule has 24 heavy (non-hydrogen) atoms. The lowest BCUT2D eigenvalue weighted by atomic mass is 9.93. The van der Waals surface area contributed by atoms with Crippen molar-refractivity contribution in [2.24, 2.45) is 13.0 Å². The standard InChI is InChI=1S/C18H21N5O/c1-22-12-9-19-16(22)13-14-7-10-23(11-8-14)18-20-17(24-21-18)15-5-3-2-4-6-15/h2-6,9,12,14H,7-8,10-11,13H2,1H3. The monoisotopic (exact) mass is 323 g/mol. The van der Waals surface area contributed by atoms with Gasteiger partial charge in [0.05, 0.1) is 0 Å². The summed E-state index contributed by atoms with van der Waals surface area (Å²) in [6.07, 6.45) is 7.17. The maximum absolute atomic E-state index is 5.42. The number of rotatable bonds is 4. The molecule has 0 radical (unpaired) electrons. The van der Waals surface area contributed by atoms with E-state index < -0.39 is 0 Å². The van der Waals surface area contributed by atoms with Crippen molar-refractivity contribution >= 4 is 5.95 Å². The molecule has 0 saturated carbocycles. The van der Waals surface area contributed by atoms with Gasteiger partial charge in [0.15, 0.2) is 0 Å². The van der Waals surface area contributed by atoms with Crippen LogP contribution in [0.4, 0.5) is 5.95 Å². The van der Waals surface area contributed by atoms with Crippen LogP contribution in [0, 0.1) is 5.92 Å². The molecule has 6 nitrogen and oxygen atoms in total. The van der Waals surface area contributed by atoms with Gasteiger partial charge in [0, 0.05) is 44.5 Å². The zero-order valence-corrected chi connectivity index (χ0v) is 13.8. The molecule has 1 aliphatic rings. The largest absolute Gasteiger partial charge is 0.338 e. The molecular weight excluding hydrogens is 302 g/mol. The van der Waals surface area contributed by atoms with E-state index >= 15 is 0 Å². The first kappa shape index (κ1) is 14.9. The lowest BCUT2D eigenvalue weighted by molar-refractivity contribution is 0.383. The molecule has 0 spiro atoms. The maximum atomic E-state index is 5.42. The van der Waals surface area contributed by atoms with Crippen LogP contribution in [0.2, 0.25) is 0 Å². The average molecular weight is 323 g/mol. The molecule has 0 bridgehead atoms. The van der Waals surface area contributed by atoms with Crippen LogP contribution in [-0.2, 0) is 13.5 Å². The molecule has 4 rings (SSSR count). The number of aromatic nitrogens is 4. The fourth-order valence-corrected chi connectivity index (χ4v) is 3.23. The minimum absolute atomic E-state index is 0.584. The molecule has 1 aliphatic heterocycles. The molecular formula is C18H21N5O. The number of hydrogen-bond donors (Lipinski definition) is 0. The van der Waals surface area contributed by atoms with Gasteiger partial charge in [-0.2, -0.15) is 4.98 Å². The molecule has 1 aromatic carbocycles. The quantitative estimate of drug-likeness (QED) is 0.739. The summed E-state index contributed by atoms with van der Waals surface area (Å²) in [7, 11) is 2.06. The highest BCUT2D eigenvalue weighted by atomic mass is 16.5. The molecule has 1 saturated heterocycles. The summed E-state index contributed by atoms with van der Waals surface area (Å²) < 4.78 is 7.52. The zero-order valence-electron chi connectivity index (χ0n) is 13.8. The first-order chi connectivity index (χ1) is 11.8. The van der Waals surface area contributed by atoms with Crippen LogP contribution in [0.5, 0.6) is 0 Å². The lowest BCUT2D eigenvalue weighted by Crippen LogP contribution is -2.35. The Balaban J connectivity index is 1.38. The van der Waals surface area contributed by atoms with Gasteiger partial charge in [0.2, 0.25) is 0 Å². The summed E-state index contributed by atoms with van der Waals surface area (Å²) >= 11 is 0. The first-order valence-electron chi connectivity index (χ1n) is 8.40. The van der Waals surface area contributed by atoms with Crippen molar-refractivity contribution in [3.8, 4) is 11.5 Å². The van der Waals surface area contributed by atoms with Crippen molar-refractivity contribution in [1.82, 2.24) is 19.7 Å². The fourth-order valence-electron chi connectivity index (χ4n) is 3.23. The Morgan fingerprint density at radius 2 is 1.96 bits per heavy atom. The molecule has 3 aromatic rings. The van der Waals surface area contributed by atoms with Crippen LogP contribution >= 0.6 is 0 Å². The molecule has 0 N–H and O–H groups in total. The Morgan fingerprint density at radius 3 is 2.67 bits per heavy atom. The molecule has 124 valence electrons. The highest BCUT2D eigenvalue weighted by molar-refractivity contribution is 5.54. The Hall–Kier alpha value is -2.63. The van der Waals surface area contributed by atoms with Crippen molar-refractivity contribution in [2.75, 3.05) is 18.0 Å². The van der Waals surface area contributed by atoms with E-state index in [-0.39, 0.29) is 0 Å². The predicted octanol–water partition coefficient (Wildman–Crippen LogP) is 2.93.